The number of thioether (sulfide) groups is 1. The molecule has 5 rings (SSSR count). The minimum atomic E-state index is -0.804. The van der Waals surface area contributed by atoms with E-state index in [0.717, 1.165) is 21.7 Å². The van der Waals surface area contributed by atoms with Crippen molar-refractivity contribution in [2.75, 3.05) is 17.6 Å². The number of fused-ring (bicyclic) bond motifs is 1. The van der Waals surface area contributed by atoms with Crippen LogP contribution in [0.25, 0.3) is 5.69 Å². The Balaban J connectivity index is 1.28. The fraction of sp³-hybridized carbons (Fsp3) is 0.185. The molecule has 1 aromatic heterocycles. The predicted molar refractivity (Wildman–Crippen MR) is 148 cm³/mol. The van der Waals surface area contributed by atoms with Crippen molar-refractivity contribution in [3.8, 4) is 5.69 Å². The molecule has 1 aliphatic heterocycles. The van der Waals surface area contributed by atoms with E-state index in [-0.39, 0.29) is 17.7 Å². The molecular weight excluding hydrogens is 538 g/mol. The zero-order valence-electron chi connectivity index (χ0n) is 20.6. The van der Waals surface area contributed by atoms with Gasteiger partial charge in [0, 0.05) is 28.4 Å². The minimum Gasteiger partial charge on any atom is -0.354 e. The third-order valence-electron chi connectivity index (χ3n) is 6.11. The van der Waals surface area contributed by atoms with E-state index in [1.54, 1.807) is 24.3 Å². The predicted octanol–water partition coefficient (Wildman–Crippen LogP) is 3.06. The lowest BCUT2D eigenvalue weighted by atomic mass is 10.0. The third kappa shape index (κ3) is 6.62. The van der Waals surface area contributed by atoms with Gasteiger partial charge in [-0.25, -0.2) is 4.68 Å². The maximum atomic E-state index is 13.3. The Morgan fingerprint density at radius 1 is 1.10 bits per heavy atom. The second-order valence-corrected chi connectivity index (χ2v) is 10.3. The van der Waals surface area contributed by atoms with Gasteiger partial charge in [0.2, 0.25) is 11.8 Å². The van der Waals surface area contributed by atoms with Crippen LogP contribution < -0.4 is 16.0 Å². The molecule has 0 bridgehead atoms. The molecule has 3 N–H and O–H groups in total. The van der Waals surface area contributed by atoms with Crippen LogP contribution in [0.3, 0.4) is 0 Å². The van der Waals surface area contributed by atoms with E-state index in [2.05, 4.69) is 31.5 Å². The van der Waals surface area contributed by atoms with Crippen LogP contribution in [0.2, 0.25) is 5.02 Å². The summed E-state index contributed by atoms with van der Waals surface area (Å²) < 4.78 is 1.54. The van der Waals surface area contributed by atoms with Crippen LogP contribution in [0.4, 0.5) is 5.69 Å². The van der Waals surface area contributed by atoms with E-state index in [1.165, 1.54) is 22.8 Å². The number of nitrogens with zero attached hydrogens (tertiary/aromatic N) is 4. The topological polar surface area (TPSA) is 131 Å². The van der Waals surface area contributed by atoms with E-state index < -0.39 is 6.04 Å². The first-order valence-electron chi connectivity index (χ1n) is 12.2. The maximum absolute atomic E-state index is 13.3. The van der Waals surface area contributed by atoms with Crippen molar-refractivity contribution in [2.24, 2.45) is 0 Å². The highest BCUT2D eigenvalue weighted by molar-refractivity contribution is 8.00. The van der Waals surface area contributed by atoms with Crippen molar-refractivity contribution in [2.45, 2.75) is 23.8 Å². The van der Waals surface area contributed by atoms with Crippen molar-refractivity contribution < 1.29 is 14.4 Å². The first-order valence-corrected chi connectivity index (χ1v) is 13.5. The molecule has 2 heterocycles. The maximum Gasteiger partial charge on any atom is 0.251 e. The molecule has 39 heavy (non-hydrogen) atoms. The van der Waals surface area contributed by atoms with Crippen LogP contribution in [0.5, 0.6) is 0 Å². The second kappa shape index (κ2) is 12.1. The minimum absolute atomic E-state index is 0.0767. The van der Waals surface area contributed by atoms with E-state index in [0.29, 0.717) is 41.4 Å². The lowest BCUT2D eigenvalue weighted by Crippen LogP contribution is -2.48. The molecule has 12 heteroatoms. The van der Waals surface area contributed by atoms with E-state index in [9.17, 15) is 14.4 Å². The van der Waals surface area contributed by atoms with Gasteiger partial charge >= 0.3 is 0 Å². The molecule has 0 unspecified atom stereocenters. The molecule has 0 aliphatic carbocycles. The summed E-state index contributed by atoms with van der Waals surface area (Å²) in [4.78, 5) is 38.9. The number of amides is 3. The summed E-state index contributed by atoms with van der Waals surface area (Å²) in [7, 11) is 0. The van der Waals surface area contributed by atoms with Crippen LogP contribution in [-0.4, -0.2) is 56.3 Å². The molecular formula is C27H24ClN7O3S. The summed E-state index contributed by atoms with van der Waals surface area (Å²) in [5, 5.41) is 20.5. The number of aromatic nitrogens is 4. The molecule has 0 spiro atoms. The van der Waals surface area contributed by atoms with Gasteiger partial charge in [-0.1, -0.05) is 41.9 Å². The number of halogens is 1. The number of anilines is 1. The van der Waals surface area contributed by atoms with Crippen molar-refractivity contribution in [1.82, 2.24) is 30.8 Å². The normalized spacial score (nSPS) is 13.2. The van der Waals surface area contributed by atoms with E-state index in [1.807, 2.05) is 42.5 Å². The molecule has 0 radical (unpaired) electrons. The van der Waals surface area contributed by atoms with Crippen LogP contribution in [-0.2, 0) is 22.4 Å². The van der Waals surface area contributed by atoms with Crippen LogP contribution in [0.1, 0.15) is 21.5 Å². The molecule has 3 aromatic carbocycles. The number of rotatable bonds is 9. The molecule has 1 aliphatic rings. The molecule has 198 valence electrons. The number of benzene rings is 3. The standard InChI is InChI=1S/C27H24ClN7O3S/c28-20-7-9-23(35-16-30-33-34-35)18(13-20)10-11-29-27(38)22(12-17-4-2-1-3-5-17)32-26(37)19-6-8-21-24(14-19)39-15-25(36)31-21/h1-9,13-14,16,22H,10-12,15H2,(H,29,38)(H,31,36)(H,32,37)/t22-/m0/s1. The summed E-state index contributed by atoms with van der Waals surface area (Å²) in [5.41, 5.74) is 3.62. The smallest absolute Gasteiger partial charge is 0.251 e. The van der Waals surface area contributed by atoms with Gasteiger partial charge < -0.3 is 16.0 Å². The number of hydrogen-bond donors (Lipinski definition) is 3. The van der Waals surface area contributed by atoms with Gasteiger partial charge in [0.05, 0.1) is 17.1 Å². The summed E-state index contributed by atoms with van der Waals surface area (Å²) >= 11 is 7.58. The van der Waals surface area contributed by atoms with E-state index >= 15 is 0 Å². The highest BCUT2D eigenvalue weighted by atomic mass is 35.5. The van der Waals surface area contributed by atoms with Crippen LogP contribution in [0.15, 0.2) is 78.0 Å². The summed E-state index contributed by atoms with van der Waals surface area (Å²) in [6, 6.07) is 19.1. The number of tetrazole rings is 1. The van der Waals surface area contributed by atoms with Crippen molar-refractivity contribution in [1.29, 1.82) is 0 Å². The van der Waals surface area contributed by atoms with Gasteiger partial charge in [0.15, 0.2) is 0 Å². The van der Waals surface area contributed by atoms with Crippen molar-refractivity contribution in [3.05, 3.63) is 94.8 Å². The number of nitrogens with one attached hydrogen (secondary N) is 3. The average Bonchev–Trinajstić information content (AvgIpc) is 3.48. The Kier molecular flexibility index (Phi) is 8.18. The first-order chi connectivity index (χ1) is 19.0. The molecule has 10 nitrogen and oxygen atoms in total. The zero-order chi connectivity index (χ0) is 27.2. The zero-order valence-corrected chi connectivity index (χ0v) is 22.2. The fourth-order valence-corrected chi connectivity index (χ4v) is 5.25. The molecule has 0 saturated carbocycles. The lowest BCUT2D eigenvalue weighted by molar-refractivity contribution is -0.123. The van der Waals surface area contributed by atoms with Crippen molar-refractivity contribution in [3.63, 3.8) is 0 Å². The van der Waals surface area contributed by atoms with Gasteiger partial charge in [-0.2, -0.15) is 0 Å². The molecule has 1 atom stereocenters. The van der Waals surface area contributed by atoms with Gasteiger partial charge in [-0.05, 0) is 64.4 Å². The van der Waals surface area contributed by atoms with Gasteiger partial charge in [-0.15, -0.1) is 16.9 Å². The Labute approximate surface area is 233 Å². The molecule has 0 saturated heterocycles. The Hall–Kier alpha value is -4.22. The van der Waals surface area contributed by atoms with Gasteiger partial charge in [0.25, 0.3) is 5.91 Å². The summed E-state index contributed by atoms with van der Waals surface area (Å²) in [6.45, 7) is 0.310. The summed E-state index contributed by atoms with van der Waals surface area (Å²) in [6.07, 6.45) is 2.28. The monoisotopic (exact) mass is 561 g/mol. The Morgan fingerprint density at radius 2 is 1.95 bits per heavy atom. The van der Waals surface area contributed by atoms with Crippen LogP contribution in [0, 0.1) is 0 Å². The number of carbonyl (C=O) groups excluding carboxylic acids is 3. The quantitative estimate of drug-likeness (QED) is 0.286. The fourth-order valence-electron chi connectivity index (χ4n) is 4.21. The number of hydrogen-bond acceptors (Lipinski definition) is 7. The SMILES string of the molecule is O=C1CSc2cc(C(=O)N[C@@H](Cc3ccccc3)C(=O)NCCc3cc(Cl)ccc3-n3cnnn3)ccc2N1. The van der Waals surface area contributed by atoms with Gasteiger partial charge in [0.1, 0.15) is 12.4 Å². The van der Waals surface area contributed by atoms with Crippen molar-refractivity contribution >= 4 is 46.8 Å². The first kappa shape index (κ1) is 26.4. The highest BCUT2D eigenvalue weighted by Crippen LogP contribution is 2.32. The Bertz CT molecular complexity index is 1500. The Morgan fingerprint density at radius 3 is 2.74 bits per heavy atom. The lowest BCUT2D eigenvalue weighted by Gasteiger charge is -2.20. The largest absolute Gasteiger partial charge is 0.354 e. The average molecular weight is 562 g/mol. The van der Waals surface area contributed by atoms with Crippen LogP contribution >= 0.6 is 23.4 Å². The second-order valence-electron chi connectivity index (χ2n) is 8.83. The third-order valence-corrected chi connectivity index (χ3v) is 7.40. The molecule has 0 fully saturated rings. The number of carbonyl (C=O) groups is 3. The molecule has 4 aromatic rings. The molecule has 3 amide bonds. The summed E-state index contributed by atoms with van der Waals surface area (Å²) in [5.74, 6) is -0.467. The van der Waals surface area contributed by atoms with E-state index in [4.69, 9.17) is 11.6 Å². The van der Waals surface area contributed by atoms with Gasteiger partial charge in [-0.3, -0.25) is 14.4 Å². The highest BCUT2D eigenvalue weighted by Gasteiger charge is 2.23.